The standard InChI is InChI=1S/C26H24Cl2N2O3/c1-3-30(25(31)16-33-24-13-10-18(27)14-22(24)28)26(17-8-11-19(32-2)12-9-17)21-15-29-23-7-5-4-6-20(21)23/h4-15,26,29H,3,16H2,1-2H3/t26-/m0/s1. The van der Waals surface area contributed by atoms with E-state index in [0.717, 1.165) is 27.8 Å². The number of para-hydroxylation sites is 1. The quantitative estimate of drug-likeness (QED) is 0.311. The zero-order chi connectivity index (χ0) is 23.4. The summed E-state index contributed by atoms with van der Waals surface area (Å²) in [6.45, 7) is 2.30. The number of halogens is 2. The van der Waals surface area contributed by atoms with Gasteiger partial charge >= 0.3 is 0 Å². The molecule has 0 aliphatic rings. The SMILES string of the molecule is CCN(C(=O)COc1ccc(Cl)cc1Cl)[C@@H](c1ccc(OC)cc1)c1c[nH]c2ccccc12. The largest absolute Gasteiger partial charge is 0.497 e. The summed E-state index contributed by atoms with van der Waals surface area (Å²) in [5, 5.41) is 1.93. The fourth-order valence-corrected chi connectivity index (χ4v) is 4.41. The number of nitrogens with zero attached hydrogens (tertiary/aromatic N) is 1. The molecule has 0 saturated carbocycles. The lowest BCUT2D eigenvalue weighted by Gasteiger charge is -2.31. The number of nitrogens with one attached hydrogen (secondary N) is 1. The minimum absolute atomic E-state index is 0.149. The molecule has 1 atom stereocenters. The van der Waals surface area contributed by atoms with E-state index in [4.69, 9.17) is 32.7 Å². The number of likely N-dealkylation sites (N-methyl/N-ethyl adjacent to an activating group) is 1. The highest BCUT2D eigenvalue weighted by atomic mass is 35.5. The fraction of sp³-hybridized carbons (Fsp3) is 0.192. The van der Waals surface area contributed by atoms with Gasteiger partial charge in [0.05, 0.1) is 18.2 Å². The Morgan fingerprint density at radius 1 is 1.06 bits per heavy atom. The van der Waals surface area contributed by atoms with Gasteiger partial charge in [-0.3, -0.25) is 4.79 Å². The molecule has 1 heterocycles. The number of benzene rings is 3. The van der Waals surface area contributed by atoms with E-state index in [9.17, 15) is 4.79 Å². The second-order valence-electron chi connectivity index (χ2n) is 7.51. The predicted octanol–water partition coefficient (Wildman–Crippen LogP) is 6.50. The molecule has 0 radical (unpaired) electrons. The summed E-state index contributed by atoms with van der Waals surface area (Å²) in [5.41, 5.74) is 2.99. The number of aromatic amines is 1. The van der Waals surface area contributed by atoms with Gasteiger partial charge in [-0.2, -0.15) is 0 Å². The molecule has 0 aliphatic heterocycles. The van der Waals surface area contributed by atoms with E-state index in [1.54, 1.807) is 30.2 Å². The van der Waals surface area contributed by atoms with Gasteiger partial charge in [0.15, 0.2) is 6.61 Å². The molecule has 0 spiro atoms. The van der Waals surface area contributed by atoms with E-state index in [1.165, 1.54) is 0 Å². The summed E-state index contributed by atoms with van der Waals surface area (Å²) in [4.78, 5) is 18.5. The van der Waals surface area contributed by atoms with Crippen molar-refractivity contribution in [2.75, 3.05) is 20.3 Å². The number of H-pyrrole nitrogens is 1. The second-order valence-corrected chi connectivity index (χ2v) is 8.35. The number of ether oxygens (including phenoxy) is 2. The third kappa shape index (κ3) is 4.95. The maximum absolute atomic E-state index is 13.4. The lowest BCUT2D eigenvalue weighted by molar-refractivity contribution is -0.134. The summed E-state index contributed by atoms with van der Waals surface area (Å²) in [6, 6.07) is 20.4. The number of hydrogen-bond donors (Lipinski definition) is 1. The number of hydrogen-bond acceptors (Lipinski definition) is 3. The minimum Gasteiger partial charge on any atom is -0.497 e. The molecule has 4 aromatic rings. The molecule has 0 saturated heterocycles. The van der Waals surface area contributed by atoms with Gasteiger partial charge in [-0.1, -0.05) is 53.5 Å². The van der Waals surface area contributed by atoms with Crippen molar-refractivity contribution in [2.45, 2.75) is 13.0 Å². The number of amides is 1. The molecular weight excluding hydrogens is 459 g/mol. The Balaban J connectivity index is 1.68. The van der Waals surface area contributed by atoms with Crippen molar-refractivity contribution in [3.8, 4) is 11.5 Å². The number of carbonyl (C=O) groups is 1. The number of aromatic nitrogens is 1. The van der Waals surface area contributed by atoms with Gasteiger partial charge in [-0.15, -0.1) is 0 Å². The maximum atomic E-state index is 13.4. The topological polar surface area (TPSA) is 54.6 Å². The number of methoxy groups -OCH3 is 1. The molecule has 0 fully saturated rings. The molecule has 3 aromatic carbocycles. The molecule has 0 unspecified atom stereocenters. The highest BCUT2D eigenvalue weighted by Gasteiger charge is 2.28. The van der Waals surface area contributed by atoms with Crippen LogP contribution in [0.15, 0.2) is 72.9 Å². The number of carbonyl (C=O) groups excluding carboxylic acids is 1. The Morgan fingerprint density at radius 2 is 1.82 bits per heavy atom. The van der Waals surface area contributed by atoms with Crippen LogP contribution in [0.4, 0.5) is 0 Å². The lowest BCUT2D eigenvalue weighted by Crippen LogP contribution is -2.38. The fourth-order valence-electron chi connectivity index (χ4n) is 3.95. The average molecular weight is 483 g/mol. The molecule has 0 aliphatic carbocycles. The van der Waals surface area contributed by atoms with Crippen LogP contribution in [0.2, 0.25) is 10.0 Å². The first-order valence-electron chi connectivity index (χ1n) is 10.6. The predicted molar refractivity (Wildman–Crippen MR) is 132 cm³/mol. The second kappa shape index (κ2) is 10.2. The molecule has 170 valence electrons. The van der Waals surface area contributed by atoms with Crippen LogP contribution in [0.5, 0.6) is 11.5 Å². The van der Waals surface area contributed by atoms with Crippen molar-refractivity contribution < 1.29 is 14.3 Å². The molecule has 1 N–H and O–H groups in total. The van der Waals surface area contributed by atoms with Gasteiger partial charge in [0.1, 0.15) is 11.5 Å². The Labute approximate surface area is 202 Å². The molecule has 5 nitrogen and oxygen atoms in total. The Bertz CT molecular complexity index is 1250. The van der Waals surface area contributed by atoms with Crippen LogP contribution in [0.25, 0.3) is 10.9 Å². The molecule has 33 heavy (non-hydrogen) atoms. The van der Waals surface area contributed by atoms with Crippen molar-refractivity contribution in [2.24, 2.45) is 0 Å². The first-order valence-corrected chi connectivity index (χ1v) is 11.3. The first-order chi connectivity index (χ1) is 16.0. The highest BCUT2D eigenvalue weighted by molar-refractivity contribution is 6.35. The Morgan fingerprint density at radius 3 is 2.52 bits per heavy atom. The molecule has 4 rings (SSSR count). The van der Waals surface area contributed by atoms with Gasteiger partial charge < -0.3 is 19.4 Å². The van der Waals surface area contributed by atoms with E-state index < -0.39 is 0 Å². The van der Waals surface area contributed by atoms with Crippen LogP contribution in [-0.2, 0) is 4.79 Å². The average Bonchev–Trinajstić information content (AvgIpc) is 3.25. The van der Waals surface area contributed by atoms with Crippen molar-refractivity contribution in [3.63, 3.8) is 0 Å². The highest BCUT2D eigenvalue weighted by Crippen LogP contribution is 2.35. The number of rotatable bonds is 8. The van der Waals surface area contributed by atoms with Gasteiger partial charge in [0.25, 0.3) is 5.91 Å². The van der Waals surface area contributed by atoms with E-state index >= 15 is 0 Å². The third-order valence-electron chi connectivity index (χ3n) is 5.57. The smallest absolute Gasteiger partial charge is 0.261 e. The van der Waals surface area contributed by atoms with Crippen molar-refractivity contribution in [1.82, 2.24) is 9.88 Å². The van der Waals surface area contributed by atoms with Gasteiger partial charge in [-0.25, -0.2) is 0 Å². The van der Waals surface area contributed by atoms with Crippen LogP contribution >= 0.6 is 23.2 Å². The van der Waals surface area contributed by atoms with Gasteiger partial charge in [0, 0.05) is 34.2 Å². The van der Waals surface area contributed by atoms with Crippen LogP contribution in [0.1, 0.15) is 24.1 Å². The minimum atomic E-state index is -0.311. The zero-order valence-corrected chi connectivity index (χ0v) is 19.9. The van der Waals surface area contributed by atoms with Crippen molar-refractivity contribution in [3.05, 3.63) is 94.1 Å². The first kappa shape index (κ1) is 23.0. The van der Waals surface area contributed by atoms with Crippen LogP contribution < -0.4 is 9.47 Å². The summed E-state index contributed by atoms with van der Waals surface area (Å²) in [6.07, 6.45) is 1.96. The Hall–Kier alpha value is -3.15. The van der Waals surface area contributed by atoms with Gasteiger partial charge in [-0.05, 0) is 48.9 Å². The summed E-state index contributed by atoms with van der Waals surface area (Å²) in [5.74, 6) is 1.01. The van der Waals surface area contributed by atoms with Crippen LogP contribution in [0.3, 0.4) is 0 Å². The van der Waals surface area contributed by atoms with Gasteiger partial charge in [0.2, 0.25) is 0 Å². The molecular formula is C26H24Cl2N2O3. The Kier molecular flexibility index (Phi) is 7.11. The number of fused-ring (bicyclic) bond motifs is 1. The normalized spacial score (nSPS) is 11.9. The van der Waals surface area contributed by atoms with Crippen LogP contribution in [0, 0.1) is 0 Å². The molecule has 1 aromatic heterocycles. The maximum Gasteiger partial charge on any atom is 0.261 e. The summed E-state index contributed by atoms with van der Waals surface area (Å²) in [7, 11) is 1.63. The van der Waals surface area contributed by atoms with E-state index in [2.05, 4.69) is 11.1 Å². The van der Waals surface area contributed by atoms with E-state index in [-0.39, 0.29) is 18.6 Å². The van der Waals surface area contributed by atoms with Crippen molar-refractivity contribution in [1.29, 1.82) is 0 Å². The molecule has 0 bridgehead atoms. The summed E-state index contributed by atoms with van der Waals surface area (Å²) >= 11 is 12.2. The third-order valence-corrected chi connectivity index (χ3v) is 6.10. The lowest BCUT2D eigenvalue weighted by atomic mass is 9.96. The molecule has 7 heteroatoms. The van der Waals surface area contributed by atoms with Crippen molar-refractivity contribution >= 4 is 40.0 Å². The monoisotopic (exact) mass is 482 g/mol. The van der Waals surface area contributed by atoms with E-state index in [0.29, 0.717) is 22.3 Å². The summed E-state index contributed by atoms with van der Waals surface area (Å²) < 4.78 is 11.1. The zero-order valence-electron chi connectivity index (χ0n) is 18.3. The molecule has 1 amide bonds. The van der Waals surface area contributed by atoms with Crippen LogP contribution in [-0.4, -0.2) is 36.1 Å². The van der Waals surface area contributed by atoms with E-state index in [1.807, 2.05) is 55.6 Å².